The molecule has 1 aromatic carbocycles. The molecule has 1 amide bonds. The third-order valence-corrected chi connectivity index (χ3v) is 4.32. The summed E-state index contributed by atoms with van der Waals surface area (Å²) in [5, 5.41) is 5.23. The Morgan fingerprint density at radius 1 is 1.30 bits per heavy atom. The molecule has 3 nitrogen and oxygen atoms in total. The second-order valence-corrected chi connectivity index (χ2v) is 5.95. The quantitative estimate of drug-likeness (QED) is 0.854. The Kier molecular flexibility index (Phi) is 3.62. The highest BCUT2D eigenvalue weighted by Gasteiger charge is 2.24. The lowest BCUT2D eigenvalue weighted by molar-refractivity contribution is 0.0938. The van der Waals surface area contributed by atoms with Crippen molar-refractivity contribution in [3.63, 3.8) is 0 Å². The van der Waals surface area contributed by atoms with E-state index in [0.717, 1.165) is 23.6 Å². The maximum atomic E-state index is 12.4. The summed E-state index contributed by atoms with van der Waals surface area (Å²) in [5.41, 5.74) is 0.601. The van der Waals surface area contributed by atoms with Crippen molar-refractivity contribution >= 4 is 28.3 Å². The number of carbonyl (C=O) groups is 1. The number of pyridine rings is 1. The molecule has 104 valence electrons. The van der Waals surface area contributed by atoms with Gasteiger partial charge in [-0.25, -0.2) is 4.98 Å². The zero-order valence-electron chi connectivity index (χ0n) is 11.4. The molecule has 1 heterocycles. The Morgan fingerprint density at radius 3 is 2.75 bits per heavy atom. The number of amides is 1. The van der Waals surface area contributed by atoms with Gasteiger partial charge in [0, 0.05) is 17.6 Å². The fraction of sp³-hybridized carbons (Fsp3) is 0.375. The fourth-order valence-corrected chi connectivity index (χ4v) is 3.15. The van der Waals surface area contributed by atoms with Gasteiger partial charge in [-0.15, -0.1) is 0 Å². The molecule has 2 unspecified atom stereocenters. The van der Waals surface area contributed by atoms with Crippen LogP contribution in [-0.2, 0) is 0 Å². The summed E-state index contributed by atoms with van der Waals surface area (Å²) in [7, 11) is 0. The molecule has 4 heteroatoms. The van der Waals surface area contributed by atoms with E-state index in [2.05, 4.69) is 17.2 Å². The standard InChI is InChI=1S/C16H17ClN2O/c1-10-6-7-11(8-10)19-16(20)14-9-18-15(17)13-5-3-2-4-12(13)14/h2-5,9-11H,6-8H2,1H3,(H,19,20). The minimum Gasteiger partial charge on any atom is -0.349 e. The molecule has 2 aromatic rings. The van der Waals surface area contributed by atoms with Crippen molar-refractivity contribution < 1.29 is 4.79 Å². The van der Waals surface area contributed by atoms with Gasteiger partial charge in [-0.2, -0.15) is 0 Å². The van der Waals surface area contributed by atoms with Crippen molar-refractivity contribution in [2.45, 2.75) is 32.2 Å². The Hall–Kier alpha value is -1.61. The number of carbonyl (C=O) groups excluding carboxylic acids is 1. The highest BCUT2D eigenvalue weighted by molar-refractivity contribution is 6.34. The molecule has 0 spiro atoms. The molecule has 1 fully saturated rings. The Bertz CT molecular complexity index is 656. The lowest BCUT2D eigenvalue weighted by Crippen LogP contribution is -2.33. The van der Waals surface area contributed by atoms with Crippen LogP contribution in [0.15, 0.2) is 30.5 Å². The summed E-state index contributed by atoms with van der Waals surface area (Å²) < 4.78 is 0. The second-order valence-electron chi connectivity index (χ2n) is 5.60. The molecule has 0 saturated heterocycles. The highest BCUT2D eigenvalue weighted by Crippen LogP contribution is 2.27. The van der Waals surface area contributed by atoms with Crippen LogP contribution in [0.25, 0.3) is 10.8 Å². The monoisotopic (exact) mass is 288 g/mol. The average molecular weight is 289 g/mol. The van der Waals surface area contributed by atoms with Crippen molar-refractivity contribution in [2.75, 3.05) is 0 Å². The van der Waals surface area contributed by atoms with Crippen molar-refractivity contribution in [1.29, 1.82) is 0 Å². The van der Waals surface area contributed by atoms with Crippen LogP contribution in [0.1, 0.15) is 36.5 Å². The van der Waals surface area contributed by atoms with Gasteiger partial charge < -0.3 is 5.32 Å². The molecule has 1 aromatic heterocycles. The van der Waals surface area contributed by atoms with Gasteiger partial charge in [0.15, 0.2) is 0 Å². The van der Waals surface area contributed by atoms with Crippen LogP contribution in [0.5, 0.6) is 0 Å². The summed E-state index contributed by atoms with van der Waals surface area (Å²) in [5.74, 6) is 0.643. The maximum absolute atomic E-state index is 12.4. The normalized spacial score (nSPS) is 22.1. The van der Waals surface area contributed by atoms with Gasteiger partial charge >= 0.3 is 0 Å². The lowest BCUT2D eigenvalue weighted by Gasteiger charge is -2.13. The molecule has 0 bridgehead atoms. The smallest absolute Gasteiger partial charge is 0.253 e. The molecule has 1 aliphatic carbocycles. The lowest BCUT2D eigenvalue weighted by atomic mass is 10.1. The van der Waals surface area contributed by atoms with E-state index in [-0.39, 0.29) is 11.9 Å². The first-order valence-corrected chi connectivity index (χ1v) is 7.37. The molecule has 0 radical (unpaired) electrons. The predicted molar refractivity (Wildman–Crippen MR) is 81.0 cm³/mol. The molecule has 2 atom stereocenters. The summed E-state index contributed by atoms with van der Waals surface area (Å²) in [4.78, 5) is 16.6. The van der Waals surface area contributed by atoms with Crippen LogP contribution in [0.4, 0.5) is 0 Å². The van der Waals surface area contributed by atoms with E-state index >= 15 is 0 Å². The molecule has 1 saturated carbocycles. The number of fused-ring (bicyclic) bond motifs is 1. The first-order chi connectivity index (χ1) is 9.65. The number of hydrogen-bond acceptors (Lipinski definition) is 2. The molecule has 1 N–H and O–H groups in total. The molecule has 0 aliphatic heterocycles. The summed E-state index contributed by atoms with van der Waals surface area (Å²) in [6.45, 7) is 2.23. The van der Waals surface area contributed by atoms with Crippen LogP contribution < -0.4 is 5.32 Å². The van der Waals surface area contributed by atoms with E-state index in [9.17, 15) is 4.79 Å². The second kappa shape index (κ2) is 5.41. The summed E-state index contributed by atoms with van der Waals surface area (Å²) in [6.07, 6.45) is 4.87. The molecule has 3 rings (SSSR count). The predicted octanol–water partition coefficient (Wildman–Crippen LogP) is 3.81. The topological polar surface area (TPSA) is 42.0 Å². The van der Waals surface area contributed by atoms with Crippen LogP contribution in [0, 0.1) is 5.92 Å². The summed E-state index contributed by atoms with van der Waals surface area (Å²) in [6, 6.07) is 7.89. The van der Waals surface area contributed by atoms with Crippen molar-refractivity contribution in [2.24, 2.45) is 5.92 Å². The number of benzene rings is 1. The van der Waals surface area contributed by atoms with E-state index in [0.29, 0.717) is 16.6 Å². The third-order valence-electron chi connectivity index (χ3n) is 4.02. The molecule has 20 heavy (non-hydrogen) atoms. The number of rotatable bonds is 2. The largest absolute Gasteiger partial charge is 0.349 e. The van der Waals surface area contributed by atoms with E-state index in [4.69, 9.17) is 11.6 Å². The van der Waals surface area contributed by atoms with Crippen LogP contribution in [-0.4, -0.2) is 16.9 Å². The van der Waals surface area contributed by atoms with Gasteiger partial charge in [0.05, 0.1) is 5.56 Å². The van der Waals surface area contributed by atoms with Gasteiger partial charge in [0.25, 0.3) is 5.91 Å². The van der Waals surface area contributed by atoms with Gasteiger partial charge in [-0.3, -0.25) is 4.79 Å². The summed E-state index contributed by atoms with van der Waals surface area (Å²) >= 11 is 6.08. The van der Waals surface area contributed by atoms with Gasteiger partial charge in [-0.1, -0.05) is 42.8 Å². The van der Waals surface area contributed by atoms with E-state index in [1.807, 2.05) is 24.3 Å². The van der Waals surface area contributed by atoms with Gasteiger partial charge in [0.2, 0.25) is 0 Å². The van der Waals surface area contributed by atoms with E-state index in [1.165, 1.54) is 6.42 Å². The van der Waals surface area contributed by atoms with Crippen molar-refractivity contribution in [1.82, 2.24) is 10.3 Å². The number of halogens is 1. The first kappa shape index (κ1) is 13.4. The maximum Gasteiger partial charge on any atom is 0.253 e. The highest BCUT2D eigenvalue weighted by atomic mass is 35.5. The van der Waals surface area contributed by atoms with Gasteiger partial charge in [-0.05, 0) is 30.6 Å². The minimum atomic E-state index is -0.0514. The van der Waals surface area contributed by atoms with Crippen LogP contribution in [0.2, 0.25) is 5.15 Å². The van der Waals surface area contributed by atoms with Crippen LogP contribution >= 0.6 is 11.6 Å². The zero-order valence-corrected chi connectivity index (χ0v) is 12.2. The minimum absolute atomic E-state index is 0.0514. The number of nitrogens with zero attached hydrogens (tertiary/aromatic N) is 1. The van der Waals surface area contributed by atoms with E-state index in [1.54, 1.807) is 6.20 Å². The Morgan fingerprint density at radius 2 is 2.05 bits per heavy atom. The van der Waals surface area contributed by atoms with Crippen molar-refractivity contribution in [3.8, 4) is 0 Å². The van der Waals surface area contributed by atoms with E-state index < -0.39 is 0 Å². The molecular weight excluding hydrogens is 272 g/mol. The molecule has 1 aliphatic rings. The van der Waals surface area contributed by atoms with Crippen LogP contribution in [0.3, 0.4) is 0 Å². The zero-order chi connectivity index (χ0) is 14.1. The number of aromatic nitrogens is 1. The Labute approximate surface area is 123 Å². The number of nitrogens with one attached hydrogen (secondary N) is 1. The first-order valence-electron chi connectivity index (χ1n) is 6.99. The Balaban J connectivity index is 1.90. The third kappa shape index (κ3) is 2.50. The van der Waals surface area contributed by atoms with Crippen molar-refractivity contribution in [3.05, 3.63) is 41.2 Å². The van der Waals surface area contributed by atoms with Gasteiger partial charge in [0.1, 0.15) is 5.15 Å². The average Bonchev–Trinajstić information content (AvgIpc) is 2.84. The molecular formula is C16H17ClN2O. The fourth-order valence-electron chi connectivity index (χ4n) is 2.94. The number of hydrogen-bond donors (Lipinski definition) is 1. The SMILES string of the molecule is CC1CCC(NC(=O)c2cnc(Cl)c3ccccc23)C1.